The number of hydrogen-bond donors (Lipinski definition) is 2. The maximum absolute atomic E-state index is 12.5. The van der Waals surface area contributed by atoms with E-state index < -0.39 is 10.0 Å². The number of nitrogen functional groups attached to an aromatic ring is 1. The van der Waals surface area contributed by atoms with Gasteiger partial charge in [-0.15, -0.1) is 0 Å². The summed E-state index contributed by atoms with van der Waals surface area (Å²) in [7, 11) is -3.55. The Kier molecular flexibility index (Phi) is 5.17. The van der Waals surface area contributed by atoms with Crippen molar-refractivity contribution < 1.29 is 8.42 Å². The van der Waals surface area contributed by atoms with Gasteiger partial charge in [0.15, 0.2) is 0 Å². The van der Waals surface area contributed by atoms with E-state index in [1.54, 1.807) is 0 Å². The molecule has 1 aliphatic carbocycles. The van der Waals surface area contributed by atoms with Crippen molar-refractivity contribution in [1.29, 1.82) is 0 Å². The molecule has 1 aliphatic rings. The molecule has 3 N–H and O–H groups in total. The molecule has 2 rings (SSSR count). The molecule has 1 aromatic carbocycles. The van der Waals surface area contributed by atoms with Crippen LogP contribution in [0.2, 0.25) is 5.02 Å². The molecule has 0 heterocycles. The fraction of sp³-hybridized carbons (Fsp3) is 0.600. The maximum Gasteiger partial charge on any atom is 0.240 e. The van der Waals surface area contributed by atoms with Crippen molar-refractivity contribution in [3.05, 3.63) is 23.2 Å². The average molecular weight is 331 g/mol. The number of sulfonamides is 1. The van der Waals surface area contributed by atoms with Gasteiger partial charge in [0.1, 0.15) is 0 Å². The highest BCUT2D eigenvalue weighted by molar-refractivity contribution is 7.89. The molecular formula is C15H23ClN2O2S. The summed E-state index contributed by atoms with van der Waals surface area (Å²) in [6.45, 7) is 4.30. The lowest BCUT2D eigenvalue weighted by atomic mass is 9.78. The molecule has 118 valence electrons. The number of rotatable bonds is 4. The number of nitrogens with one attached hydrogen (secondary N) is 1. The van der Waals surface area contributed by atoms with Gasteiger partial charge in [-0.2, -0.15) is 0 Å². The van der Waals surface area contributed by atoms with Gasteiger partial charge in [-0.3, -0.25) is 0 Å². The maximum atomic E-state index is 12.5. The van der Waals surface area contributed by atoms with E-state index in [2.05, 4.69) is 18.6 Å². The van der Waals surface area contributed by atoms with Gasteiger partial charge in [0.2, 0.25) is 10.0 Å². The van der Waals surface area contributed by atoms with Crippen molar-refractivity contribution in [1.82, 2.24) is 4.72 Å². The predicted molar refractivity (Wildman–Crippen MR) is 86.8 cm³/mol. The van der Waals surface area contributed by atoms with Crippen LogP contribution in [0.3, 0.4) is 0 Å². The number of nitrogens with two attached hydrogens (primary N) is 1. The Bertz CT molecular complexity index is 602. The SMILES string of the molecule is CC(C)C1CCCCC1NS(=O)(=O)c1ccc(Cl)c(N)c1. The fourth-order valence-corrected chi connectivity index (χ4v) is 4.53. The molecule has 4 nitrogen and oxygen atoms in total. The Hall–Kier alpha value is -0.780. The molecule has 0 radical (unpaired) electrons. The van der Waals surface area contributed by atoms with E-state index >= 15 is 0 Å². The summed E-state index contributed by atoms with van der Waals surface area (Å²) in [5.74, 6) is 0.853. The van der Waals surface area contributed by atoms with Gasteiger partial charge in [0.05, 0.1) is 15.6 Å². The van der Waals surface area contributed by atoms with Crippen molar-refractivity contribution in [2.75, 3.05) is 5.73 Å². The highest BCUT2D eigenvalue weighted by Crippen LogP contribution is 2.31. The molecule has 0 aromatic heterocycles. The highest BCUT2D eigenvalue weighted by atomic mass is 35.5. The smallest absolute Gasteiger partial charge is 0.240 e. The molecular weight excluding hydrogens is 308 g/mol. The first-order valence-electron chi connectivity index (χ1n) is 7.38. The van der Waals surface area contributed by atoms with Gasteiger partial charge >= 0.3 is 0 Å². The van der Waals surface area contributed by atoms with E-state index in [0.717, 1.165) is 19.3 Å². The van der Waals surface area contributed by atoms with E-state index in [9.17, 15) is 8.42 Å². The first-order valence-corrected chi connectivity index (χ1v) is 9.24. The molecule has 21 heavy (non-hydrogen) atoms. The molecule has 2 unspecified atom stereocenters. The Morgan fingerprint density at radius 3 is 2.57 bits per heavy atom. The zero-order valence-electron chi connectivity index (χ0n) is 12.5. The van der Waals surface area contributed by atoms with E-state index in [1.807, 2.05) is 0 Å². The van der Waals surface area contributed by atoms with Crippen LogP contribution in [-0.4, -0.2) is 14.5 Å². The lowest BCUT2D eigenvalue weighted by molar-refractivity contribution is 0.226. The van der Waals surface area contributed by atoms with E-state index in [4.69, 9.17) is 17.3 Å². The average Bonchev–Trinajstić information content (AvgIpc) is 2.41. The summed E-state index contributed by atoms with van der Waals surface area (Å²) >= 11 is 5.85. The van der Waals surface area contributed by atoms with Gasteiger partial charge in [0, 0.05) is 6.04 Å². The fourth-order valence-electron chi connectivity index (χ4n) is 3.06. The van der Waals surface area contributed by atoms with Gasteiger partial charge in [-0.05, 0) is 42.9 Å². The van der Waals surface area contributed by atoms with E-state index in [1.165, 1.54) is 24.6 Å². The number of benzene rings is 1. The Labute approximate surface area is 132 Å². The minimum absolute atomic E-state index is 0.000604. The van der Waals surface area contributed by atoms with Gasteiger partial charge < -0.3 is 5.73 Å². The summed E-state index contributed by atoms with van der Waals surface area (Å²) in [5.41, 5.74) is 5.98. The van der Waals surface area contributed by atoms with Crippen molar-refractivity contribution >= 4 is 27.3 Å². The second kappa shape index (κ2) is 6.55. The molecule has 0 bridgehead atoms. The van der Waals surface area contributed by atoms with Crippen LogP contribution in [-0.2, 0) is 10.0 Å². The van der Waals surface area contributed by atoms with Crippen molar-refractivity contribution in [2.45, 2.75) is 50.5 Å². The molecule has 6 heteroatoms. The number of hydrogen-bond acceptors (Lipinski definition) is 3. The molecule has 0 saturated heterocycles. The van der Waals surface area contributed by atoms with E-state index in [0.29, 0.717) is 16.9 Å². The van der Waals surface area contributed by atoms with Gasteiger partial charge in [0.25, 0.3) is 0 Å². The topological polar surface area (TPSA) is 72.2 Å². The quantitative estimate of drug-likeness (QED) is 0.831. The zero-order valence-corrected chi connectivity index (χ0v) is 14.0. The third-order valence-corrected chi connectivity index (χ3v) is 6.09. The summed E-state index contributed by atoms with van der Waals surface area (Å²) < 4.78 is 27.9. The van der Waals surface area contributed by atoms with Crippen molar-refractivity contribution in [3.8, 4) is 0 Å². The van der Waals surface area contributed by atoms with Crippen molar-refractivity contribution in [2.24, 2.45) is 11.8 Å². The minimum Gasteiger partial charge on any atom is -0.397 e. The van der Waals surface area contributed by atoms with Crippen molar-refractivity contribution in [3.63, 3.8) is 0 Å². The van der Waals surface area contributed by atoms with Crippen LogP contribution in [0.5, 0.6) is 0 Å². The monoisotopic (exact) mass is 330 g/mol. The molecule has 1 fully saturated rings. The third-order valence-electron chi connectivity index (χ3n) is 4.26. The summed E-state index contributed by atoms with van der Waals surface area (Å²) in [5, 5.41) is 0.367. The van der Waals surface area contributed by atoms with E-state index in [-0.39, 0.29) is 16.6 Å². The van der Waals surface area contributed by atoms with Crippen LogP contribution < -0.4 is 10.5 Å². The van der Waals surface area contributed by atoms with Crippen LogP contribution in [0, 0.1) is 11.8 Å². The van der Waals surface area contributed by atoms with Crippen LogP contribution in [0.1, 0.15) is 39.5 Å². The largest absolute Gasteiger partial charge is 0.397 e. The Morgan fingerprint density at radius 1 is 1.29 bits per heavy atom. The first-order chi connectivity index (χ1) is 9.81. The minimum atomic E-state index is -3.55. The first kappa shape index (κ1) is 16.6. The summed E-state index contributed by atoms with van der Waals surface area (Å²) in [6.07, 6.45) is 4.22. The van der Waals surface area contributed by atoms with Crippen LogP contribution in [0.4, 0.5) is 5.69 Å². The molecule has 0 spiro atoms. The number of anilines is 1. The molecule has 1 saturated carbocycles. The lowest BCUT2D eigenvalue weighted by Gasteiger charge is -2.34. The van der Waals surface area contributed by atoms with Crippen LogP contribution in [0.15, 0.2) is 23.1 Å². The van der Waals surface area contributed by atoms with Crippen LogP contribution >= 0.6 is 11.6 Å². The lowest BCUT2D eigenvalue weighted by Crippen LogP contribution is -2.43. The molecule has 1 aromatic rings. The normalized spacial score (nSPS) is 23.4. The predicted octanol–water partition coefficient (Wildman–Crippen LogP) is 3.42. The summed E-state index contributed by atoms with van der Waals surface area (Å²) in [4.78, 5) is 0.178. The van der Waals surface area contributed by atoms with Gasteiger partial charge in [-0.1, -0.05) is 38.3 Å². The van der Waals surface area contributed by atoms with Crippen LogP contribution in [0.25, 0.3) is 0 Å². The summed E-state index contributed by atoms with van der Waals surface area (Å²) in [6, 6.07) is 4.43. The Morgan fingerprint density at radius 2 is 1.95 bits per heavy atom. The second-order valence-corrected chi connectivity index (χ2v) is 8.22. The zero-order chi connectivity index (χ0) is 15.6. The number of halogens is 1. The molecule has 0 amide bonds. The Balaban J connectivity index is 2.21. The molecule has 2 atom stereocenters. The third kappa shape index (κ3) is 3.90. The highest BCUT2D eigenvalue weighted by Gasteiger charge is 2.31. The standard InChI is InChI=1S/C15H23ClN2O2S/c1-10(2)12-5-3-4-6-15(12)18-21(19,20)11-7-8-13(16)14(17)9-11/h7-10,12,15,18H,3-6,17H2,1-2H3. The second-order valence-electron chi connectivity index (χ2n) is 6.10. The molecule has 0 aliphatic heterocycles. The van der Waals surface area contributed by atoms with Gasteiger partial charge in [-0.25, -0.2) is 13.1 Å².